The second-order valence-corrected chi connectivity index (χ2v) is 6.77. The van der Waals surface area contributed by atoms with E-state index in [0.717, 1.165) is 18.4 Å². The fraction of sp³-hybridized carbons (Fsp3) is 0.238. The third kappa shape index (κ3) is 4.96. The number of likely N-dealkylation sites (tertiary alicyclic amines) is 1. The van der Waals surface area contributed by atoms with E-state index in [4.69, 9.17) is 11.6 Å². The summed E-state index contributed by atoms with van der Waals surface area (Å²) in [5.41, 5.74) is 1.59. The van der Waals surface area contributed by atoms with Crippen molar-refractivity contribution in [2.45, 2.75) is 18.9 Å². The number of hydrogen-bond donors (Lipinski definition) is 1. The van der Waals surface area contributed by atoms with Crippen molar-refractivity contribution in [2.24, 2.45) is 0 Å². The SMILES string of the molecule is O=C(/C=C/c1ccccc1)NC1CCN(C(=O)c2cccc(Cl)c2)CC1. The van der Waals surface area contributed by atoms with Crippen LogP contribution in [0.15, 0.2) is 60.7 Å². The number of nitrogens with one attached hydrogen (secondary N) is 1. The van der Waals surface area contributed by atoms with Gasteiger partial charge in [-0.1, -0.05) is 48.0 Å². The predicted molar refractivity (Wildman–Crippen MR) is 104 cm³/mol. The van der Waals surface area contributed by atoms with Crippen LogP contribution in [0.3, 0.4) is 0 Å². The van der Waals surface area contributed by atoms with Crippen LogP contribution >= 0.6 is 11.6 Å². The average molecular weight is 369 g/mol. The highest BCUT2D eigenvalue weighted by atomic mass is 35.5. The summed E-state index contributed by atoms with van der Waals surface area (Å²) in [5, 5.41) is 3.57. The number of carbonyl (C=O) groups excluding carboxylic acids is 2. The molecular weight excluding hydrogens is 348 g/mol. The second kappa shape index (κ2) is 8.68. The highest BCUT2D eigenvalue weighted by Crippen LogP contribution is 2.17. The van der Waals surface area contributed by atoms with Crippen molar-refractivity contribution in [3.05, 3.63) is 76.8 Å². The molecule has 0 atom stereocenters. The first-order valence-corrected chi connectivity index (χ1v) is 9.08. The third-order valence-corrected chi connectivity index (χ3v) is 4.66. The minimum absolute atomic E-state index is 0.0127. The Morgan fingerprint density at radius 3 is 2.46 bits per heavy atom. The van der Waals surface area contributed by atoms with Crippen LogP contribution in [-0.4, -0.2) is 35.8 Å². The fourth-order valence-corrected chi connectivity index (χ4v) is 3.21. The summed E-state index contributed by atoms with van der Waals surface area (Å²) in [6.07, 6.45) is 4.85. The minimum Gasteiger partial charge on any atom is -0.350 e. The van der Waals surface area contributed by atoms with Gasteiger partial charge in [-0.25, -0.2) is 0 Å². The molecule has 1 aliphatic heterocycles. The van der Waals surface area contributed by atoms with Crippen LogP contribution in [0, 0.1) is 0 Å². The maximum atomic E-state index is 12.5. The Balaban J connectivity index is 1.48. The van der Waals surface area contributed by atoms with Gasteiger partial charge in [0.2, 0.25) is 5.91 Å². The number of rotatable bonds is 4. The Labute approximate surface area is 158 Å². The molecular formula is C21H21ClN2O2. The zero-order chi connectivity index (χ0) is 18.4. The van der Waals surface area contributed by atoms with Crippen LogP contribution in [0.2, 0.25) is 5.02 Å². The highest BCUT2D eigenvalue weighted by molar-refractivity contribution is 6.30. The Morgan fingerprint density at radius 2 is 1.77 bits per heavy atom. The first-order chi connectivity index (χ1) is 12.6. The lowest BCUT2D eigenvalue weighted by Gasteiger charge is -2.32. The number of amides is 2. The lowest BCUT2D eigenvalue weighted by molar-refractivity contribution is -0.117. The summed E-state index contributed by atoms with van der Waals surface area (Å²) in [6.45, 7) is 1.25. The van der Waals surface area contributed by atoms with Crippen molar-refractivity contribution in [3.8, 4) is 0 Å². The van der Waals surface area contributed by atoms with Gasteiger partial charge < -0.3 is 10.2 Å². The van der Waals surface area contributed by atoms with E-state index >= 15 is 0 Å². The molecule has 2 aromatic carbocycles. The van der Waals surface area contributed by atoms with E-state index in [1.165, 1.54) is 0 Å². The van der Waals surface area contributed by atoms with E-state index in [0.29, 0.717) is 23.7 Å². The van der Waals surface area contributed by atoms with Gasteiger partial charge in [-0.05, 0) is 42.7 Å². The summed E-state index contributed by atoms with van der Waals surface area (Å²) < 4.78 is 0. The van der Waals surface area contributed by atoms with Crippen molar-refractivity contribution in [1.82, 2.24) is 10.2 Å². The van der Waals surface area contributed by atoms with E-state index in [1.54, 1.807) is 36.4 Å². The van der Waals surface area contributed by atoms with Crippen molar-refractivity contribution in [3.63, 3.8) is 0 Å². The smallest absolute Gasteiger partial charge is 0.253 e. The fourth-order valence-electron chi connectivity index (χ4n) is 3.02. The molecule has 2 aromatic rings. The van der Waals surface area contributed by atoms with Gasteiger partial charge in [0.25, 0.3) is 5.91 Å². The molecule has 3 rings (SSSR count). The zero-order valence-corrected chi connectivity index (χ0v) is 15.2. The topological polar surface area (TPSA) is 49.4 Å². The van der Waals surface area contributed by atoms with E-state index in [1.807, 2.05) is 35.2 Å². The molecule has 1 N–H and O–H groups in total. The molecule has 1 fully saturated rings. The molecule has 0 unspecified atom stereocenters. The number of benzene rings is 2. The molecule has 0 aromatic heterocycles. The maximum Gasteiger partial charge on any atom is 0.253 e. The largest absolute Gasteiger partial charge is 0.350 e. The maximum absolute atomic E-state index is 12.5. The molecule has 1 heterocycles. The Hall–Kier alpha value is -2.59. The number of halogens is 1. The van der Waals surface area contributed by atoms with Gasteiger partial charge in [0, 0.05) is 35.8 Å². The molecule has 1 saturated heterocycles. The molecule has 0 radical (unpaired) electrons. The van der Waals surface area contributed by atoms with Crippen molar-refractivity contribution < 1.29 is 9.59 Å². The van der Waals surface area contributed by atoms with Crippen LogP contribution in [0.1, 0.15) is 28.8 Å². The second-order valence-electron chi connectivity index (χ2n) is 6.33. The molecule has 0 spiro atoms. The summed E-state index contributed by atoms with van der Waals surface area (Å²) in [7, 11) is 0. The quantitative estimate of drug-likeness (QED) is 0.835. The van der Waals surface area contributed by atoms with Crippen molar-refractivity contribution >= 4 is 29.5 Å². The van der Waals surface area contributed by atoms with E-state index < -0.39 is 0 Å². The monoisotopic (exact) mass is 368 g/mol. The molecule has 4 nitrogen and oxygen atoms in total. The third-order valence-electron chi connectivity index (χ3n) is 4.43. The number of hydrogen-bond acceptors (Lipinski definition) is 2. The van der Waals surface area contributed by atoms with Crippen LogP contribution in [0.4, 0.5) is 0 Å². The molecule has 1 aliphatic rings. The Morgan fingerprint density at radius 1 is 1.04 bits per heavy atom. The van der Waals surface area contributed by atoms with E-state index in [-0.39, 0.29) is 17.9 Å². The van der Waals surface area contributed by atoms with Crippen molar-refractivity contribution in [1.29, 1.82) is 0 Å². The summed E-state index contributed by atoms with van der Waals surface area (Å²) >= 11 is 5.96. The van der Waals surface area contributed by atoms with Gasteiger partial charge >= 0.3 is 0 Å². The normalized spacial score (nSPS) is 15.2. The number of carbonyl (C=O) groups is 2. The van der Waals surface area contributed by atoms with Gasteiger partial charge in [0.15, 0.2) is 0 Å². The highest BCUT2D eigenvalue weighted by Gasteiger charge is 2.24. The average Bonchev–Trinajstić information content (AvgIpc) is 2.67. The lowest BCUT2D eigenvalue weighted by Crippen LogP contribution is -2.46. The number of nitrogens with zero attached hydrogens (tertiary/aromatic N) is 1. The van der Waals surface area contributed by atoms with Crippen LogP contribution < -0.4 is 5.32 Å². The minimum atomic E-state index is -0.103. The van der Waals surface area contributed by atoms with Gasteiger partial charge in [-0.2, -0.15) is 0 Å². The number of piperidine rings is 1. The standard InChI is InChI=1S/C21H21ClN2O2/c22-18-8-4-7-17(15-18)21(26)24-13-11-19(12-14-24)23-20(25)10-9-16-5-2-1-3-6-16/h1-10,15,19H,11-14H2,(H,23,25)/b10-9+. The zero-order valence-electron chi connectivity index (χ0n) is 14.4. The predicted octanol–water partition coefficient (Wildman–Crippen LogP) is 3.77. The van der Waals surface area contributed by atoms with Gasteiger partial charge in [0.1, 0.15) is 0 Å². The van der Waals surface area contributed by atoms with Crippen molar-refractivity contribution in [2.75, 3.05) is 13.1 Å². The van der Waals surface area contributed by atoms with E-state index in [9.17, 15) is 9.59 Å². The van der Waals surface area contributed by atoms with Crippen LogP contribution in [-0.2, 0) is 4.79 Å². The first-order valence-electron chi connectivity index (χ1n) is 8.70. The Kier molecular flexibility index (Phi) is 6.08. The van der Waals surface area contributed by atoms with Crippen LogP contribution in [0.5, 0.6) is 0 Å². The van der Waals surface area contributed by atoms with Gasteiger partial charge in [-0.15, -0.1) is 0 Å². The molecule has 5 heteroatoms. The summed E-state index contributed by atoms with van der Waals surface area (Å²) in [4.78, 5) is 26.4. The molecule has 0 bridgehead atoms. The molecule has 2 amide bonds. The van der Waals surface area contributed by atoms with Gasteiger partial charge in [0.05, 0.1) is 0 Å². The first kappa shape index (κ1) is 18.2. The summed E-state index contributed by atoms with van der Waals surface area (Å²) in [5.74, 6) is -0.116. The molecule has 134 valence electrons. The molecule has 0 aliphatic carbocycles. The molecule has 26 heavy (non-hydrogen) atoms. The Bertz CT molecular complexity index is 797. The summed E-state index contributed by atoms with van der Waals surface area (Å²) in [6, 6.07) is 16.8. The van der Waals surface area contributed by atoms with Crippen LogP contribution in [0.25, 0.3) is 6.08 Å². The lowest BCUT2D eigenvalue weighted by atomic mass is 10.0. The molecule has 0 saturated carbocycles. The van der Waals surface area contributed by atoms with Gasteiger partial charge in [-0.3, -0.25) is 9.59 Å². The van der Waals surface area contributed by atoms with E-state index in [2.05, 4.69) is 5.32 Å².